The van der Waals surface area contributed by atoms with Gasteiger partial charge in [-0.3, -0.25) is 9.59 Å². The van der Waals surface area contributed by atoms with Gasteiger partial charge in [-0.25, -0.2) is 4.99 Å². The third-order valence-corrected chi connectivity index (χ3v) is 9.63. The van der Waals surface area contributed by atoms with Gasteiger partial charge < -0.3 is 35.6 Å². The number of aromatic hydroxyl groups is 1. The molecular formula is C29H46N4O6S2. The smallest absolute Gasteiger partial charge is 0.302 e. The maximum atomic E-state index is 12.8. The number of aliphatic imine (C=N–C) groups is 1. The summed E-state index contributed by atoms with van der Waals surface area (Å²) in [5.41, 5.74) is 7.53. The van der Waals surface area contributed by atoms with Crippen molar-refractivity contribution in [3.63, 3.8) is 0 Å². The van der Waals surface area contributed by atoms with Crippen LogP contribution >= 0.6 is 21.6 Å². The van der Waals surface area contributed by atoms with Crippen molar-refractivity contribution in [1.29, 1.82) is 0 Å². The average molecular weight is 611 g/mol. The molecule has 1 saturated heterocycles. The number of aryl methyl sites for hydroxylation is 1. The number of amides is 1. The number of guanidine groups is 1. The van der Waals surface area contributed by atoms with Gasteiger partial charge in [0.15, 0.2) is 17.5 Å². The summed E-state index contributed by atoms with van der Waals surface area (Å²) in [7, 11) is 4.97. The zero-order valence-electron chi connectivity index (χ0n) is 24.3. The SMILES string of the molecule is COc1cc2cc(c1O)CN1CC(CCNC(N)=NCSSCCCCCCC(O)CC(OC(C)=O)CC2)CC1=O. The number of rotatable bonds is 2. The molecule has 3 atom stereocenters. The Bertz CT molecular complexity index is 1030. The highest BCUT2D eigenvalue weighted by molar-refractivity contribution is 8.76. The summed E-state index contributed by atoms with van der Waals surface area (Å²) in [5.74, 6) is 2.28. The molecule has 0 radical (unpaired) electrons. The van der Waals surface area contributed by atoms with E-state index < -0.39 is 12.2 Å². The Hall–Kier alpha value is -2.31. The van der Waals surface area contributed by atoms with E-state index in [4.69, 9.17) is 15.2 Å². The third-order valence-electron chi connectivity index (χ3n) is 7.46. The molecule has 41 heavy (non-hydrogen) atoms. The minimum absolute atomic E-state index is 0.0225. The Balaban J connectivity index is 1.72. The first-order valence-corrected chi connectivity index (χ1v) is 17.0. The van der Waals surface area contributed by atoms with Crippen LogP contribution in [-0.4, -0.2) is 77.0 Å². The molecule has 230 valence electrons. The Morgan fingerprint density at radius 3 is 2.76 bits per heavy atom. The highest BCUT2D eigenvalue weighted by Gasteiger charge is 2.30. The predicted molar refractivity (Wildman–Crippen MR) is 165 cm³/mol. The lowest BCUT2D eigenvalue weighted by Crippen LogP contribution is -2.33. The van der Waals surface area contributed by atoms with Gasteiger partial charge in [0.25, 0.3) is 0 Å². The molecule has 0 aromatic heterocycles. The number of nitrogens with one attached hydrogen (secondary N) is 1. The predicted octanol–water partition coefficient (Wildman–Crippen LogP) is 3.96. The molecule has 1 fully saturated rings. The van der Waals surface area contributed by atoms with Crippen LogP contribution < -0.4 is 15.8 Å². The maximum Gasteiger partial charge on any atom is 0.302 e. The Morgan fingerprint density at radius 1 is 1.17 bits per heavy atom. The summed E-state index contributed by atoms with van der Waals surface area (Å²) in [5, 5.41) is 24.6. The Morgan fingerprint density at radius 2 is 1.98 bits per heavy atom. The van der Waals surface area contributed by atoms with Crippen LogP contribution in [0.2, 0.25) is 0 Å². The quantitative estimate of drug-likeness (QED) is 0.287. The van der Waals surface area contributed by atoms with E-state index in [2.05, 4.69) is 10.3 Å². The molecule has 2 aliphatic heterocycles. The molecule has 2 aliphatic rings. The fourth-order valence-electron chi connectivity index (χ4n) is 5.31. The largest absolute Gasteiger partial charge is 0.504 e. The van der Waals surface area contributed by atoms with Gasteiger partial charge >= 0.3 is 5.97 Å². The molecule has 1 aromatic rings. The van der Waals surface area contributed by atoms with Crippen molar-refractivity contribution in [3.8, 4) is 11.5 Å². The van der Waals surface area contributed by atoms with E-state index in [0.29, 0.717) is 68.3 Å². The van der Waals surface area contributed by atoms with E-state index in [9.17, 15) is 19.8 Å². The molecule has 3 rings (SSSR count). The van der Waals surface area contributed by atoms with Crippen molar-refractivity contribution in [3.05, 3.63) is 23.3 Å². The van der Waals surface area contributed by atoms with Gasteiger partial charge in [0.1, 0.15) is 6.10 Å². The number of benzene rings is 1. The number of hydrogen-bond acceptors (Lipinski definition) is 11. The molecule has 5 N–H and O–H groups in total. The van der Waals surface area contributed by atoms with Crippen molar-refractivity contribution >= 4 is 39.4 Å². The number of ether oxygens (including phenoxy) is 2. The van der Waals surface area contributed by atoms with Crippen LogP contribution in [0.5, 0.6) is 11.5 Å². The van der Waals surface area contributed by atoms with Gasteiger partial charge in [0, 0.05) is 50.7 Å². The van der Waals surface area contributed by atoms with Crippen LogP contribution in [-0.2, 0) is 27.3 Å². The number of esters is 1. The van der Waals surface area contributed by atoms with Crippen LogP contribution in [0.4, 0.5) is 0 Å². The number of carbonyl (C=O) groups is 2. The maximum absolute atomic E-state index is 12.8. The van der Waals surface area contributed by atoms with E-state index in [1.165, 1.54) is 14.0 Å². The number of aliphatic hydroxyl groups excluding tert-OH is 1. The summed E-state index contributed by atoms with van der Waals surface area (Å²) in [4.78, 5) is 30.7. The Labute approximate surface area is 251 Å². The van der Waals surface area contributed by atoms with E-state index in [-0.39, 0.29) is 30.1 Å². The second-order valence-corrected chi connectivity index (χ2v) is 13.4. The van der Waals surface area contributed by atoms with Crippen LogP contribution in [0.15, 0.2) is 17.1 Å². The number of methoxy groups -OCH3 is 1. The number of carbonyl (C=O) groups excluding carboxylic acids is 2. The highest BCUT2D eigenvalue weighted by Crippen LogP contribution is 2.34. The van der Waals surface area contributed by atoms with Crippen LogP contribution in [0.1, 0.15) is 75.8 Å². The molecule has 0 saturated carbocycles. The van der Waals surface area contributed by atoms with Crippen LogP contribution in [0.3, 0.4) is 0 Å². The molecular weight excluding hydrogens is 564 g/mol. The van der Waals surface area contributed by atoms with Gasteiger partial charge in [-0.2, -0.15) is 0 Å². The lowest BCUT2D eigenvalue weighted by atomic mass is 9.98. The first-order chi connectivity index (χ1) is 19.7. The van der Waals surface area contributed by atoms with Crippen molar-refractivity contribution in [1.82, 2.24) is 10.2 Å². The summed E-state index contributed by atoms with van der Waals surface area (Å²) < 4.78 is 11.0. The van der Waals surface area contributed by atoms with E-state index in [1.807, 2.05) is 6.07 Å². The lowest BCUT2D eigenvalue weighted by Gasteiger charge is -2.22. The fourth-order valence-corrected chi connectivity index (χ4v) is 7.11. The molecule has 2 heterocycles. The first kappa shape index (κ1) is 33.2. The van der Waals surface area contributed by atoms with Gasteiger partial charge in [0.05, 0.1) is 19.1 Å². The lowest BCUT2D eigenvalue weighted by molar-refractivity contribution is -0.148. The minimum Gasteiger partial charge on any atom is -0.504 e. The van der Waals surface area contributed by atoms with Crippen molar-refractivity contribution in [2.24, 2.45) is 16.6 Å². The highest BCUT2D eigenvalue weighted by atomic mass is 33.1. The molecule has 0 spiro atoms. The van der Waals surface area contributed by atoms with Gasteiger partial charge in [-0.15, -0.1) is 0 Å². The van der Waals surface area contributed by atoms with E-state index in [1.54, 1.807) is 32.6 Å². The Kier molecular flexibility index (Phi) is 14.3. The number of aliphatic hydroxyl groups is 1. The van der Waals surface area contributed by atoms with Gasteiger partial charge in [-0.05, 0) is 49.7 Å². The number of nitrogens with two attached hydrogens (primary N) is 1. The fraction of sp³-hybridized carbons (Fsp3) is 0.690. The normalized spacial score (nSPS) is 24.7. The zero-order chi connectivity index (χ0) is 29.6. The van der Waals surface area contributed by atoms with Crippen molar-refractivity contribution < 1.29 is 29.3 Å². The molecule has 12 heteroatoms. The third kappa shape index (κ3) is 11.8. The zero-order valence-corrected chi connectivity index (χ0v) is 25.9. The summed E-state index contributed by atoms with van der Waals surface area (Å²) >= 11 is 0. The molecule has 1 amide bonds. The van der Waals surface area contributed by atoms with E-state index in [0.717, 1.165) is 43.4 Å². The summed E-state index contributed by atoms with van der Waals surface area (Å²) in [6.07, 6.45) is 6.62. The minimum atomic E-state index is -0.543. The second-order valence-electron chi connectivity index (χ2n) is 10.8. The summed E-state index contributed by atoms with van der Waals surface area (Å²) in [6, 6.07) is 3.66. The second kappa shape index (κ2) is 17.6. The summed E-state index contributed by atoms with van der Waals surface area (Å²) in [6.45, 7) is 2.91. The van der Waals surface area contributed by atoms with Gasteiger partial charge in [-0.1, -0.05) is 46.9 Å². The van der Waals surface area contributed by atoms with Crippen LogP contribution in [0.25, 0.3) is 0 Å². The number of phenols is 1. The number of nitrogens with zero attached hydrogens (tertiary/aromatic N) is 2. The van der Waals surface area contributed by atoms with Gasteiger partial charge in [0.2, 0.25) is 5.91 Å². The van der Waals surface area contributed by atoms with Crippen molar-refractivity contribution in [2.75, 3.05) is 31.8 Å². The first-order valence-electron chi connectivity index (χ1n) is 14.5. The van der Waals surface area contributed by atoms with Crippen LogP contribution in [0, 0.1) is 5.92 Å². The number of hydrogen-bond donors (Lipinski definition) is 4. The molecule has 3 unspecified atom stereocenters. The van der Waals surface area contributed by atoms with Crippen molar-refractivity contribution in [2.45, 2.75) is 89.9 Å². The standard InChI is InChI=1S/C29H46N4O6S2/c1-20(34)39-25-9-8-21-13-23(28(37)26(14-21)38-2)18-33-17-22(15-27(33)36)10-11-31-29(30)32-19-41-40-12-6-4-3-5-7-24(35)16-25/h13-14,22,24-25,35,37H,3-12,15-19H2,1-2H3,(H3,30,31,32). The molecule has 0 aliphatic carbocycles. The number of fused-ring (bicyclic) bond motifs is 4. The molecule has 1 aromatic carbocycles. The topological polar surface area (TPSA) is 147 Å². The van der Waals surface area contributed by atoms with E-state index >= 15 is 0 Å². The average Bonchev–Trinajstić information content (AvgIpc) is 3.27. The monoisotopic (exact) mass is 610 g/mol. The molecule has 4 bridgehead atoms. The molecule has 10 nitrogen and oxygen atoms in total. The number of phenolic OH excluding ortho intramolecular Hbond substituents is 1.